The largest absolute Gasteiger partial charge is 0.496 e. The van der Waals surface area contributed by atoms with E-state index in [1.165, 1.54) is 0 Å². The number of benzene rings is 1. The molecule has 90 valence electrons. The normalized spacial score (nSPS) is 18.6. The summed E-state index contributed by atoms with van der Waals surface area (Å²) in [5, 5.41) is 8.76. The number of carboxylic acid groups (broad SMARTS) is 1. The minimum atomic E-state index is -0.922. The van der Waals surface area contributed by atoms with Gasteiger partial charge in [0.15, 0.2) is 5.78 Å². The van der Waals surface area contributed by atoms with E-state index in [0.29, 0.717) is 24.2 Å². The van der Waals surface area contributed by atoms with Gasteiger partial charge in [-0.15, -0.1) is 0 Å². The first-order chi connectivity index (χ1) is 8.13. The number of ketones is 1. The maximum Gasteiger partial charge on any atom is 0.304 e. The Kier molecular flexibility index (Phi) is 3.13. The molecule has 17 heavy (non-hydrogen) atoms. The Labute approximate surface area is 99.2 Å². The fourth-order valence-corrected chi connectivity index (χ4v) is 2.32. The van der Waals surface area contributed by atoms with Crippen molar-refractivity contribution in [1.29, 1.82) is 0 Å². The molecule has 1 aliphatic carbocycles. The van der Waals surface area contributed by atoms with Crippen molar-refractivity contribution in [2.75, 3.05) is 7.11 Å². The molecule has 0 spiro atoms. The van der Waals surface area contributed by atoms with Crippen molar-refractivity contribution in [2.45, 2.75) is 19.3 Å². The van der Waals surface area contributed by atoms with E-state index in [-0.39, 0.29) is 12.2 Å². The van der Waals surface area contributed by atoms with Gasteiger partial charge in [0.25, 0.3) is 0 Å². The van der Waals surface area contributed by atoms with Crippen LogP contribution in [-0.2, 0) is 11.2 Å². The smallest absolute Gasteiger partial charge is 0.304 e. The Balaban J connectivity index is 2.33. The first-order valence-electron chi connectivity index (χ1n) is 5.55. The fraction of sp³-hybridized carbons (Fsp3) is 0.385. The molecular formula is C13H14O4. The molecule has 4 heteroatoms. The van der Waals surface area contributed by atoms with Crippen LogP contribution in [0.2, 0.25) is 0 Å². The molecule has 0 aliphatic heterocycles. The van der Waals surface area contributed by atoms with E-state index in [1.54, 1.807) is 19.2 Å². The van der Waals surface area contributed by atoms with Gasteiger partial charge < -0.3 is 9.84 Å². The highest BCUT2D eigenvalue weighted by atomic mass is 16.5. The summed E-state index contributed by atoms with van der Waals surface area (Å²) in [5.74, 6) is -0.682. The Morgan fingerprint density at radius 3 is 2.94 bits per heavy atom. The number of methoxy groups -OCH3 is 1. The van der Waals surface area contributed by atoms with E-state index < -0.39 is 11.9 Å². The fourth-order valence-electron chi connectivity index (χ4n) is 2.32. The molecule has 1 atom stereocenters. The molecule has 1 aromatic carbocycles. The predicted molar refractivity (Wildman–Crippen MR) is 61.4 cm³/mol. The molecular weight excluding hydrogens is 220 g/mol. The second kappa shape index (κ2) is 4.57. The molecule has 1 aliphatic rings. The molecule has 0 aromatic heterocycles. The first kappa shape index (κ1) is 11.6. The third-order valence-electron chi connectivity index (χ3n) is 3.15. The third kappa shape index (κ3) is 2.16. The van der Waals surface area contributed by atoms with Crippen molar-refractivity contribution in [2.24, 2.45) is 5.92 Å². The summed E-state index contributed by atoms with van der Waals surface area (Å²) in [4.78, 5) is 22.8. The first-order valence-corrected chi connectivity index (χ1v) is 5.55. The number of carbonyl (C=O) groups excluding carboxylic acids is 1. The van der Waals surface area contributed by atoms with Crippen LogP contribution in [0.3, 0.4) is 0 Å². The molecule has 1 N–H and O–H groups in total. The number of hydrogen-bond donors (Lipinski definition) is 1. The van der Waals surface area contributed by atoms with E-state index in [4.69, 9.17) is 9.84 Å². The van der Waals surface area contributed by atoms with Crippen LogP contribution in [0.1, 0.15) is 28.8 Å². The maximum atomic E-state index is 12.1. The molecule has 0 bridgehead atoms. The van der Waals surface area contributed by atoms with Gasteiger partial charge in [-0.1, -0.05) is 12.1 Å². The van der Waals surface area contributed by atoms with Gasteiger partial charge in [-0.05, 0) is 18.9 Å². The average molecular weight is 234 g/mol. The summed E-state index contributed by atoms with van der Waals surface area (Å²) >= 11 is 0. The Hall–Kier alpha value is -1.84. The number of ether oxygens (including phenoxy) is 1. The van der Waals surface area contributed by atoms with E-state index in [2.05, 4.69) is 0 Å². The summed E-state index contributed by atoms with van der Waals surface area (Å²) in [5.41, 5.74) is 1.52. The summed E-state index contributed by atoms with van der Waals surface area (Å²) in [6, 6.07) is 5.33. The number of aliphatic carboxylic acids is 1. The third-order valence-corrected chi connectivity index (χ3v) is 3.15. The quantitative estimate of drug-likeness (QED) is 0.867. The van der Waals surface area contributed by atoms with Crippen molar-refractivity contribution in [3.8, 4) is 5.75 Å². The lowest BCUT2D eigenvalue weighted by Crippen LogP contribution is -2.25. The standard InChI is InChI=1S/C13H14O4/c1-17-11-4-2-3-10-9(11)6-5-8(13(10)16)7-12(14)15/h2-4,8H,5-7H2,1H3,(H,14,15)/t8-/m0/s1. The minimum Gasteiger partial charge on any atom is -0.496 e. The zero-order valence-corrected chi connectivity index (χ0v) is 9.60. The lowest BCUT2D eigenvalue weighted by Gasteiger charge is -2.23. The van der Waals surface area contributed by atoms with E-state index in [9.17, 15) is 9.59 Å². The van der Waals surface area contributed by atoms with Crippen LogP contribution in [0.25, 0.3) is 0 Å². The van der Waals surface area contributed by atoms with Gasteiger partial charge in [0, 0.05) is 17.0 Å². The molecule has 2 rings (SSSR count). The van der Waals surface area contributed by atoms with Crippen molar-refractivity contribution in [3.05, 3.63) is 29.3 Å². The number of carboxylic acids is 1. The SMILES string of the molecule is COc1cccc2c1CC[C@@H](CC(=O)O)C2=O. The highest BCUT2D eigenvalue weighted by molar-refractivity contribution is 6.02. The highest BCUT2D eigenvalue weighted by Gasteiger charge is 2.30. The molecule has 0 fully saturated rings. The number of rotatable bonds is 3. The molecule has 0 heterocycles. The topological polar surface area (TPSA) is 63.6 Å². The highest BCUT2D eigenvalue weighted by Crippen LogP contribution is 2.33. The van der Waals surface area contributed by atoms with E-state index in [0.717, 1.165) is 5.56 Å². The van der Waals surface area contributed by atoms with E-state index in [1.807, 2.05) is 6.07 Å². The van der Waals surface area contributed by atoms with Gasteiger partial charge in [-0.25, -0.2) is 0 Å². The zero-order chi connectivity index (χ0) is 12.4. The minimum absolute atomic E-state index is 0.0763. The zero-order valence-electron chi connectivity index (χ0n) is 9.60. The predicted octanol–water partition coefficient (Wildman–Crippen LogP) is 1.92. The molecule has 0 saturated heterocycles. The summed E-state index contributed by atoms with van der Waals surface area (Å²) in [7, 11) is 1.57. The van der Waals surface area contributed by atoms with Gasteiger partial charge in [0.05, 0.1) is 13.5 Å². The number of hydrogen-bond acceptors (Lipinski definition) is 3. The van der Waals surface area contributed by atoms with Crippen LogP contribution in [0.5, 0.6) is 5.75 Å². The van der Waals surface area contributed by atoms with Crippen molar-refractivity contribution < 1.29 is 19.4 Å². The van der Waals surface area contributed by atoms with E-state index >= 15 is 0 Å². The number of fused-ring (bicyclic) bond motifs is 1. The van der Waals surface area contributed by atoms with Crippen LogP contribution >= 0.6 is 0 Å². The lowest BCUT2D eigenvalue weighted by molar-refractivity contribution is -0.137. The van der Waals surface area contributed by atoms with Gasteiger partial charge in [0.1, 0.15) is 5.75 Å². The Morgan fingerprint density at radius 1 is 1.53 bits per heavy atom. The summed E-state index contributed by atoms with van der Waals surface area (Å²) < 4.78 is 5.21. The maximum absolute atomic E-state index is 12.1. The van der Waals surface area contributed by atoms with Gasteiger partial charge in [0.2, 0.25) is 0 Å². The van der Waals surface area contributed by atoms with Gasteiger partial charge in [-0.3, -0.25) is 9.59 Å². The van der Waals surface area contributed by atoms with Gasteiger partial charge >= 0.3 is 5.97 Å². The van der Waals surface area contributed by atoms with Crippen LogP contribution < -0.4 is 4.74 Å². The molecule has 1 aromatic rings. The Bertz CT molecular complexity index is 464. The van der Waals surface area contributed by atoms with Crippen molar-refractivity contribution in [3.63, 3.8) is 0 Å². The van der Waals surface area contributed by atoms with Crippen LogP contribution in [0, 0.1) is 5.92 Å². The van der Waals surface area contributed by atoms with Crippen LogP contribution in [-0.4, -0.2) is 24.0 Å². The molecule has 0 saturated carbocycles. The number of Topliss-reactive ketones (excluding diaryl/α,β-unsaturated/α-hetero) is 1. The molecule has 4 nitrogen and oxygen atoms in total. The second-order valence-electron chi connectivity index (χ2n) is 4.18. The lowest BCUT2D eigenvalue weighted by atomic mass is 9.81. The van der Waals surface area contributed by atoms with Crippen molar-refractivity contribution in [1.82, 2.24) is 0 Å². The monoisotopic (exact) mass is 234 g/mol. The second-order valence-corrected chi connectivity index (χ2v) is 4.18. The van der Waals surface area contributed by atoms with Gasteiger partial charge in [-0.2, -0.15) is 0 Å². The number of carbonyl (C=O) groups is 2. The summed E-state index contributed by atoms with van der Waals surface area (Å²) in [6.45, 7) is 0. The molecule has 0 radical (unpaired) electrons. The van der Waals surface area contributed by atoms with Crippen molar-refractivity contribution >= 4 is 11.8 Å². The van der Waals surface area contributed by atoms with Crippen LogP contribution in [0.15, 0.2) is 18.2 Å². The summed E-state index contributed by atoms with van der Waals surface area (Å²) in [6.07, 6.45) is 1.19. The Morgan fingerprint density at radius 2 is 2.29 bits per heavy atom. The molecule has 0 unspecified atom stereocenters. The average Bonchev–Trinajstić information content (AvgIpc) is 2.31. The van der Waals surface area contributed by atoms with Crippen LogP contribution in [0.4, 0.5) is 0 Å². The molecule has 0 amide bonds.